The Morgan fingerprint density at radius 1 is 1.32 bits per heavy atom. The number of halogens is 1. The molecule has 3 rings (SSSR count). The second-order valence-electron chi connectivity index (χ2n) is 4.18. The Kier molecular flexibility index (Phi) is 3.40. The van der Waals surface area contributed by atoms with E-state index in [1.165, 1.54) is 0 Å². The molecule has 0 aliphatic rings. The first-order valence-electron chi connectivity index (χ1n) is 5.81. The van der Waals surface area contributed by atoms with E-state index in [9.17, 15) is 4.79 Å². The third-order valence-electron chi connectivity index (χ3n) is 2.82. The van der Waals surface area contributed by atoms with Gasteiger partial charge in [-0.3, -0.25) is 4.79 Å². The molecule has 0 bridgehead atoms. The lowest BCUT2D eigenvalue weighted by molar-refractivity contribution is 0.0947. The van der Waals surface area contributed by atoms with Crippen molar-refractivity contribution in [2.24, 2.45) is 0 Å². The maximum Gasteiger partial charge on any atom is 0.268 e. The van der Waals surface area contributed by atoms with E-state index in [2.05, 4.69) is 26.2 Å². The molecule has 96 valence electrons. The molecule has 1 amide bonds. The number of carbonyl (C=O) groups excluding carboxylic acids is 1. The van der Waals surface area contributed by atoms with Gasteiger partial charge >= 0.3 is 0 Å². The number of aromatic nitrogens is 1. The van der Waals surface area contributed by atoms with Crippen LogP contribution in [0.4, 0.5) is 0 Å². The molecule has 0 saturated carbocycles. The Labute approximate surface area is 122 Å². The second-order valence-corrected chi connectivity index (χ2v) is 6.10. The summed E-state index contributed by atoms with van der Waals surface area (Å²) in [5.74, 6) is -0.0827. The first-order valence-corrected chi connectivity index (χ1v) is 7.48. The summed E-state index contributed by atoms with van der Waals surface area (Å²) in [7, 11) is 0. The lowest BCUT2D eigenvalue weighted by atomic mass is 10.2. The molecule has 0 atom stereocenters. The van der Waals surface area contributed by atoms with Crippen molar-refractivity contribution in [1.29, 1.82) is 0 Å². The summed E-state index contributed by atoms with van der Waals surface area (Å²) in [5.41, 5.74) is 1.57. The van der Waals surface area contributed by atoms with E-state index < -0.39 is 0 Å². The highest BCUT2D eigenvalue weighted by molar-refractivity contribution is 9.10. The largest absolute Gasteiger partial charge is 0.351 e. The number of para-hydroxylation sites is 1. The van der Waals surface area contributed by atoms with Gasteiger partial charge in [-0.1, -0.05) is 18.2 Å². The van der Waals surface area contributed by atoms with E-state index in [1.54, 1.807) is 11.3 Å². The Bertz CT molecular complexity index is 699. The number of H-pyrrole nitrogens is 1. The number of benzene rings is 1. The molecule has 0 spiro atoms. The van der Waals surface area contributed by atoms with E-state index in [0.29, 0.717) is 12.2 Å². The molecule has 0 aliphatic carbocycles. The van der Waals surface area contributed by atoms with Crippen LogP contribution in [0.2, 0.25) is 0 Å². The van der Waals surface area contributed by atoms with Crippen LogP contribution in [-0.4, -0.2) is 10.9 Å². The highest BCUT2D eigenvalue weighted by Crippen LogP contribution is 2.19. The number of hydrogen-bond acceptors (Lipinski definition) is 2. The van der Waals surface area contributed by atoms with Gasteiger partial charge in [0.2, 0.25) is 0 Å². The number of carbonyl (C=O) groups is 1. The van der Waals surface area contributed by atoms with Gasteiger partial charge in [0.15, 0.2) is 0 Å². The minimum absolute atomic E-state index is 0.0827. The molecule has 3 aromatic rings. The summed E-state index contributed by atoms with van der Waals surface area (Å²) in [4.78, 5) is 16.3. The quantitative estimate of drug-likeness (QED) is 0.749. The minimum Gasteiger partial charge on any atom is -0.351 e. The van der Waals surface area contributed by atoms with Crippen LogP contribution in [0.15, 0.2) is 46.3 Å². The number of nitrogens with one attached hydrogen (secondary N) is 2. The van der Waals surface area contributed by atoms with Gasteiger partial charge in [-0.2, -0.15) is 0 Å². The van der Waals surface area contributed by atoms with Gasteiger partial charge < -0.3 is 10.3 Å². The van der Waals surface area contributed by atoms with Crippen LogP contribution in [0.1, 0.15) is 15.4 Å². The normalized spacial score (nSPS) is 10.8. The van der Waals surface area contributed by atoms with Gasteiger partial charge in [-0.15, -0.1) is 11.3 Å². The number of rotatable bonds is 3. The standard InChI is InChI=1S/C14H11BrN2OS/c15-10-6-11(19-8-10)7-16-14(18)13-5-9-3-1-2-4-12(9)17-13/h1-6,8,17H,7H2,(H,16,18). The molecule has 0 unspecified atom stereocenters. The number of fused-ring (bicyclic) bond motifs is 1. The molecule has 3 nitrogen and oxygen atoms in total. The molecule has 2 aromatic heterocycles. The van der Waals surface area contributed by atoms with Crippen molar-refractivity contribution in [3.05, 3.63) is 56.8 Å². The highest BCUT2D eigenvalue weighted by Gasteiger charge is 2.09. The average molecular weight is 335 g/mol. The fourth-order valence-electron chi connectivity index (χ4n) is 1.90. The molecule has 0 saturated heterocycles. The Morgan fingerprint density at radius 2 is 2.16 bits per heavy atom. The third kappa shape index (κ3) is 2.72. The van der Waals surface area contributed by atoms with Crippen molar-refractivity contribution < 1.29 is 4.79 Å². The summed E-state index contributed by atoms with van der Waals surface area (Å²) in [6.07, 6.45) is 0. The number of hydrogen-bond donors (Lipinski definition) is 2. The zero-order chi connectivity index (χ0) is 13.2. The predicted molar refractivity (Wildman–Crippen MR) is 81.5 cm³/mol. The van der Waals surface area contributed by atoms with Gasteiger partial charge in [0.25, 0.3) is 5.91 Å². The molecule has 2 heterocycles. The molecule has 2 N–H and O–H groups in total. The van der Waals surface area contributed by atoms with Crippen LogP contribution in [-0.2, 0) is 6.54 Å². The topological polar surface area (TPSA) is 44.9 Å². The zero-order valence-electron chi connectivity index (χ0n) is 9.94. The molecular weight excluding hydrogens is 324 g/mol. The lowest BCUT2D eigenvalue weighted by Crippen LogP contribution is -2.22. The van der Waals surface area contributed by atoms with Crippen LogP contribution in [0.25, 0.3) is 10.9 Å². The summed E-state index contributed by atoms with van der Waals surface area (Å²) >= 11 is 5.02. The number of thiophene rings is 1. The third-order valence-corrected chi connectivity index (χ3v) is 4.52. The molecule has 0 radical (unpaired) electrons. The molecule has 1 aromatic carbocycles. The van der Waals surface area contributed by atoms with Crippen molar-refractivity contribution in [3.63, 3.8) is 0 Å². The summed E-state index contributed by atoms with van der Waals surface area (Å²) in [5, 5.41) is 5.96. The highest BCUT2D eigenvalue weighted by atomic mass is 79.9. The second kappa shape index (κ2) is 5.19. The molecule has 19 heavy (non-hydrogen) atoms. The maximum atomic E-state index is 12.0. The van der Waals surface area contributed by atoms with Crippen molar-refractivity contribution in [2.75, 3.05) is 0 Å². The van der Waals surface area contributed by atoms with Crippen LogP contribution in [0.5, 0.6) is 0 Å². The van der Waals surface area contributed by atoms with E-state index in [-0.39, 0.29) is 5.91 Å². The van der Waals surface area contributed by atoms with E-state index in [4.69, 9.17) is 0 Å². The maximum absolute atomic E-state index is 12.0. The first-order chi connectivity index (χ1) is 9.22. The first kappa shape index (κ1) is 12.4. The summed E-state index contributed by atoms with van der Waals surface area (Å²) in [6, 6.07) is 11.7. The predicted octanol–water partition coefficient (Wildman–Crippen LogP) is 3.92. The molecule has 5 heteroatoms. The Morgan fingerprint density at radius 3 is 2.89 bits per heavy atom. The van der Waals surface area contributed by atoms with Crippen molar-refractivity contribution >= 4 is 44.1 Å². The van der Waals surface area contributed by atoms with Crippen molar-refractivity contribution in [2.45, 2.75) is 6.54 Å². The van der Waals surface area contributed by atoms with Crippen LogP contribution >= 0.6 is 27.3 Å². The lowest BCUT2D eigenvalue weighted by Gasteiger charge is -2.00. The van der Waals surface area contributed by atoms with Crippen molar-refractivity contribution in [1.82, 2.24) is 10.3 Å². The Hall–Kier alpha value is -1.59. The van der Waals surface area contributed by atoms with Crippen LogP contribution in [0, 0.1) is 0 Å². The smallest absolute Gasteiger partial charge is 0.268 e. The summed E-state index contributed by atoms with van der Waals surface area (Å²) < 4.78 is 1.05. The van der Waals surface area contributed by atoms with E-state index in [0.717, 1.165) is 20.3 Å². The monoisotopic (exact) mass is 334 g/mol. The fraction of sp³-hybridized carbons (Fsp3) is 0.0714. The van der Waals surface area contributed by atoms with Crippen LogP contribution in [0.3, 0.4) is 0 Å². The minimum atomic E-state index is -0.0827. The van der Waals surface area contributed by atoms with Crippen LogP contribution < -0.4 is 5.32 Å². The van der Waals surface area contributed by atoms with E-state index in [1.807, 2.05) is 41.8 Å². The molecule has 0 aliphatic heterocycles. The number of aromatic amines is 1. The Balaban J connectivity index is 1.73. The zero-order valence-corrected chi connectivity index (χ0v) is 12.3. The molecular formula is C14H11BrN2OS. The van der Waals surface area contributed by atoms with Gasteiger partial charge in [-0.25, -0.2) is 0 Å². The van der Waals surface area contributed by atoms with E-state index >= 15 is 0 Å². The van der Waals surface area contributed by atoms with Gasteiger partial charge in [0, 0.05) is 25.6 Å². The SMILES string of the molecule is O=C(NCc1cc(Br)cs1)c1cc2ccccc2[nH]1. The number of amides is 1. The molecule has 0 fully saturated rings. The van der Waals surface area contributed by atoms with Crippen molar-refractivity contribution in [3.8, 4) is 0 Å². The fourth-order valence-corrected chi connectivity index (χ4v) is 3.30. The van der Waals surface area contributed by atoms with Gasteiger partial charge in [0.1, 0.15) is 5.69 Å². The van der Waals surface area contributed by atoms with Gasteiger partial charge in [-0.05, 0) is 34.1 Å². The summed E-state index contributed by atoms with van der Waals surface area (Å²) in [6.45, 7) is 0.546. The average Bonchev–Trinajstić information content (AvgIpc) is 3.01. The van der Waals surface area contributed by atoms with Gasteiger partial charge in [0.05, 0.1) is 6.54 Å².